The van der Waals surface area contributed by atoms with Crippen LogP contribution in [0.2, 0.25) is 0 Å². The molecule has 5 rings (SSSR count). The van der Waals surface area contributed by atoms with E-state index in [0.29, 0.717) is 32.4 Å². The minimum atomic E-state index is -4.13. The number of carbonyl (C=O) groups excluding carboxylic acids is 1. The molecule has 172 valence electrons. The molecule has 1 N–H and O–H groups in total. The van der Waals surface area contributed by atoms with Crippen molar-refractivity contribution in [2.24, 2.45) is 0 Å². The maximum Gasteiger partial charge on any atom is 0.338 e. The molecule has 34 heavy (non-hydrogen) atoms. The number of carbonyl (C=O) groups is 1. The Kier molecular flexibility index (Phi) is 5.58. The molecule has 1 heterocycles. The number of hydrogen-bond donors (Lipinski definition) is 1. The van der Waals surface area contributed by atoms with E-state index in [2.05, 4.69) is 26.7 Å². The first-order valence-corrected chi connectivity index (χ1v) is 12.8. The zero-order chi connectivity index (χ0) is 24.0. The molecule has 0 spiro atoms. The zero-order valence-electron chi connectivity index (χ0n) is 18.1. The summed E-state index contributed by atoms with van der Waals surface area (Å²) in [6.45, 7) is -0.0429. The number of hydrogen-bond acceptors (Lipinski definition) is 6. The number of methoxy groups -OCH3 is 1. The van der Waals surface area contributed by atoms with Crippen molar-refractivity contribution >= 4 is 37.6 Å². The molecule has 1 fully saturated rings. The first-order valence-electron chi connectivity index (χ1n) is 10.6. The van der Waals surface area contributed by atoms with Crippen molar-refractivity contribution in [1.29, 1.82) is 5.26 Å². The van der Waals surface area contributed by atoms with E-state index in [0.717, 1.165) is 18.4 Å². The highest BCUT2D eigenvalue weighted by Gasteiger charge is 2.30. The average molecular weight is 539 g/mol. The Bertz CT molecular complexity index is 1490. The maximum absolute atomic E-state index is 13.5. The molecule has 2 aliphatic rings. The van der Waals surface area contributed by atoms with E-state index < -0.39 is 16.0 Å². The van der Waals surface area contributed by atoms with Gasteiger partial charge in [0, 0.05) is 0 Å². The lowest BCUT2D eigenvalue weighted by atomic mass is 9.95. The minimum Gasteiger partial charge on any atom is -0.494 e. The van der Waals surface area contributed by atoms with Gasteiger partial charge in [-0.15, -0.1) is 0 Å². The van der Waals surface area contributed by atoms with E-state index in [1.165, 1.54) is 19.2 Å². The summed E-state index contributed by atoms with van der Waals surface area (Å²) >= 11 is 3.32. The third-order valence-corrected chi connectivity index (χ3v) is 7.92. The van der Waals surface area contributed by atoms with Gasteiger partial charge >= 0.3 is 5.97 Å². The molecule has 0 aromatic heterocycles. The number of rotatable bonds is 2. The van der Waals surface area contributed by atoms with Gasteiger partial charge in [-0.2, -0.15) is 5.26 Å². The third kappa shape index (κ3) is 4.04. The summed E-state index contributed by atoms with van der Waals surface area (Å²) in [5, 5.41) is 9.41. The van der Waals surface area contributed by atoms with Gasteiger partial charge in [0.1, 0.15) is 11.5 Å². The van der Waals surface area contributed by atoms with E-state index in [1.807, 2.05) is 12.1 Å². The molecule has 1 saturated carbocycles. The summed E-state index contributed by atoms with van der Waals surface area (Å²) in [5.74, 6) is -0.318. The van der Waals surface area contributed by atoms with Crippen molar-refractivity contribution in [3.63, 3.8) is 0 Å². The summed E-state index contributed by atoms with van der Waals surface area (Å²) in [4.78, 5) is 12.7. The number of nitrogens with one attached hydrogen (secondary N) is 1. The monoisotopic (exact) mass is 538 g/mol. The van der Waals surface area contributed by atoms with E-state index in [1.54, 1.807) is 24.3 Å². The van der Waals surface area contributed by atoms with Crippen LogP contribution in [0.25, 0.3) is 11.1 Å². The molecule has 0 unspecified atom stereocenters. The van der Waals surface area contributed by atoms with E-state index in [9.17, 15) is 18.5 Å². The number of nitrogens with zero attached hydrogens (tertiary/aromatic N) is 1. The van der Waals surface area contributed by atoms with E-state index in [-0.39, 0.29) is 28.7 Å². The largest absolute Gasteiger partial charge is 0.494 e. The second kappa shape index (κ2) is 8.46. The lowest BCUT2D eigenvalue weighted by Gasteiger charge is -2.17. The van der Waals surface area contributed by atoms with Crippen LogP contribution in [0.3, 0.4) is 0 Å². The Labute approximate surface area is 205 Å². The lowest BCUT2D eigenvalue weighted by Crippen LogP contribution is -2.16. The van der Waals surface area contributed by atoms with Gasteiger partial charge in [0.05, 0.1) is 34.5 Å². The number of cyclic esters (lactones) is 1. The summed E-state index contributed by atoms with van der Waals surface area (Å²) in [6.07, 6.45) is 1.96. The molecule has 4 bridgehead atoms. The molecule has 0 saturated heterocycles. The highest BCUT2D eigenvalue weighted by atomic mass is 79.9. The first-order chi connectivity index (χ1) is 16.3. The molecule has 1 aliphatic carbocycles. The van der Waals surface area contributed by atoms with Gasteiger partial charge in [-0.3, -0.25) is 4.72 Å². The fourth-order valence-electron chi connectivity index (χ4n) is 4.11. The number of sulfonamides is 1. The second-order valence-electron chi connectivity index (χ2n) is 8.23. The molecule has 3 aromatic rings. The fraction of sp³-hybridized carbons (Fsp3) is 0.200. The van der Waals surface area contributed by atoms with E-state index >= 15 is 0 Å². The molecule has 0 amide bonds. The van der Waals surface area contributed by atoms with Crippen molar-refractivity contribution in [2.45, 2.75) is 30.3 Å². The summed E-state index contributed by atoms with van der Waals surface area (Å²) in [7, 11) is -2.76. The van der Waals surface area contributed by atoms with Crippen LogP contribution in [0.15, 0.2) is 57.9 Å². The number of fused-ring (bicyclic) bond motifs is 6. The number of esters is 1. The van der Waals surface area contributed by atoms with Crippen molar-refractivity contribution in [1.82, 2.24) is 0 Å². The van der Waals surface area contributed by atoms with Crippen molar-refractivity contribution in [2.75, 3.05) is 11.8 Å². The predicted octanol–water partition coefficient (Wildman–Crippen LogP) is 5.34. The Morgan fingerprint density at radius 2 is 1.91 bits per heavy atom. The third-order valence-electron chi connectivity index (χ3n) is 5.96. The second-order valence-corrected chi connectivity index (χ2v) is 10.7. The lowest BCUT2D eigenvalue weighted by molar-refractivity contribution is 0.0473. The highest BCUT2D eigenvalue weighted by Crippen LogP contribution is 2.46. The van der Waals surface area contributed by atoms with Crippen LogP contribution in [0, 0.1) is 11.3 Å². The SMILES string of the molecule is COc1c(Br)cc2cc1S(=O)(=O)Nc1cc(ccc1C1CC1)-c1cc(C#N)ccc1COC2=O. The number of anilines is 1. The van der Waals surface area contributed by atoms with Crippen LogP contribution < -0.4 is 9.46 Å². The molecule has 0 radical (unpaired) electrons. The topological polar surface area (TPSA) is 105 Å². The van der Waals surface area contributed by atoms with Gasteiger partial charge in [0.25, 0.3) is 10.0 Å². The molecule has 0 atom stereocenters. The van der Waals surface area contributed by atoms with Crippen LogP contribution in [0.5, 0.6) is 5.75 Å². The van der Waals surface area contributed by atoms with Crippen LogP contribution >= 0.6 is 15.9 Å². The van der Waals surface area contributed by atoms with Crippen LogP contribution in [-0.4, -0.2) is 21.5 Å². The van der Waals surface area contributed by atoms with Crippen molar-refractivity contribution in [3.8, 4) is 22.9 Å². The Balaban J connectivity index is 1.77. The number of benzene rings is 3. The normalized spacial score (nSPS) is 16.4. The van der Waals surface area contributed by atoms with Crippen LogP contribution in [-0.2, 0) is 21.4 Å². The smallest absolute Gasteiger partial charge is 0.338 e. The highest BCUT2D eigenvalue weighted by molar-refractivity contribution is 9.10. The number of ether oxygens (including phenoxy) is 2. The van der Waals surface area contributed by atoms with Crippen LogP contribution in [0.4, 0.5) is 5.69 Å². The minimum absolute atomic E-state index is 0.0429. The summed E-state index contributed by atoms with van der Waals surface area (Å²) < 4.78 is 41.0. The number of halogens is 1. The molecular weight excluding hydrogens is 520 g/mol. The predicted molar refractivity (Wildman–Crippen MR) is 129 cm³/mol. The Morgan fingerprint density at radius 3 is 2.62 bits per heavy atom. The summed E-state index contributed by atoms with van der Waals surface area (Å²) in [5.41, 5.74) is 3.99. The number of nitriles is 1. The van der Waals surface area contributed by atoms with Gasteiger partial charge < -0.3 is 9.47 Å². The van der Waals surface area contributed by atoms with Crippen molar-refractivity contribution in [3.05, 3.63) is 75.3 Å². The molecule has 1 aliphatic heterocycles. The average Bonchev–Trinajstić information content (AvgIpc) is 3.66. The van der Waals surface area contributed by atoms with Gasteiger partial charge in [0.15, 0.2) is 5.75 Å². The Morgan fingerprint density at radius 1 is 1.12 bits per heavy atom. The zero-order valence-corrected chi connectivity index (χ0v) is 20.5. The van der Waals surface area contributed by atoms with E-state index in [4.69, 9.17) is 9.47 Å². The van der Waals surface area contributed by atoms with Gasteiger partial charge in [-0.25, -0.2) is 13.2 Å². The summed E-state index contributed by atoms with van der Waals surface area (Å²) in [6, 6.07) is 15.6. The Hall–Kier alpha value is -3.35. The standard InChI is InChI=1S/C25H19BrN2O5S/c1-32-24-21(26)9-18-11-23(24)34(30,31)28-22-10-16(6-7-19(22)15-4-5-15)20-8-14(12-27)2-3-17(20)13-33-25(18)29/h2-3,6-11,15,28H,4-5,13H2,1H3. The fourth-order valence-corrected chi connectivity index (χ4v) is 6.16. The molecular formula is C25H19BrN2O5S. The molecule has 9 heteroatoms. The quantitative estimate of drug-likeness (QED) is 0.441. The molecule has 3 aromatic carbocycles. The molecule has 7 nitrogen and oxygen atoms in total. The van der Waals surface area contributed by atoms with Gasteiger partial charge in [-0.05, 0) is 87.3 Å². The maximum atomic E-state index is 13.5. The van der Waals surface area contributed by atoms with Gasteiger partial charge in [-0.1, -0.05) is 18.2 Å². The van der Waals surface area contributed by atoms with Crippen molar-refractivity contribution < 1.29 is 22.7 Å². The first kappa shape index (κ1) is 22.4. The van der Waals surface area contributed by atoms with Crippen LogP contribution in [0.1, 0.15) is 45.8 Å². The van der Waals surface area contributed by atoms with Gasteiger partial charge in [0.2, 0.25) is 0 Å².